The first-order valence-corrected chi connectivity index (χ1v) is 6.89. The van der Waals surface area contributed by atoms with E-state index >= 15 is 0 Å². The Kier molecular flexibility index (Phi) is 1.14. The van der Waals surface area contributed by atoms with Crippen LogP contribution in [0, 0.1) is 46.8 Å². The molecule has 6 rings (SSSR count). The monoisotopic (exact) mass is 233 g/mol. The molecular formula is C14H19NO2. The highest BCUT2D eigenvalue weighted by atomic mass is 16.6. The van der Waals surface area contributed by atoms with Gasteiger partial charge in [-0.25, -0.2) is 0 Å². The van der Waals surface area contributed by atoms with Crippen LogP contribution in [0.1, 0.15) is 20.8 Å². The molecule has 0 aliphatic heterocycles. The van der Waals surface area contributed by atoms with Gasteiger partial charge in [-0.05, 0) is 62.2 Å². The van der Waals surface area contributed by atoms with Crippen molar-refractivity contribution in [2.45, 2.75) is 32.4 Å². The van der Waals surface area contributed by atoms with E-state index in [0.717, 1.165) is 41.4 Å². The van der Waals surface area contributed by atoms with Gasteiger partial charge in [-0.15, -0.1) is 0 Å². The zero-order valence-electron chi connectivity index (χ0n) is 10.5. The molecule has 0 aromatic carbocycles. The van der Waals surface area contributed by atoms with E-state index in [-0.39, 0.29) is 17.4 Å². The first-order valence-electron chi connectivity index (χ1n) is 6.89. The number of rotatable bonds is 2. The second-order valence-corrected chi connectivity index (χ2v) is 7.90. The Morgan fingerprint density at radius 2 is 1.59 bits per heavy atom. The minimum absolute atomic E-state index is 0.159. The fourth-order valence-corrected chi connectivity index (χ4v) is 6.71. The summed E-state index contributed by atoms with van der Waals surface area (Å²) in [6, 6.07) is -0.341. The molecule has 0 spiro atoms. The van der Waals surface area contributed by atoms with Gasteiger partial charge in [-0.1, -0.05) is 0 Å². The molecule has 0 bridgehead atoms. The number of nitrogens with two attached hydrogens (primary N) is 1. The Morgan fingerprint density at radius 3 is 2.00 bits per heavy atom. The molecule has 0 aromatic rings. The molecule has 6 fully saturated rings. The van der Waals surface area contributed by atoms with Crippen molar-refractivity contribution in [2.75, 3.05) is 0 Å². The maximum Gasteiger partial charge on any atom is 0.324 e. The second-order valence-electron chi connectivity index (χ2n) is 7.90. The summed E-state index contributed by atoms with van der Waals surface area (Å²) in [5.41, 5.74) is 6.06. The number of hydrogen-bond acceptors (Lipinski definition) is 3. The minimum atomic E-state index is -0.409. The standard InChI is InChI=1S/C14H19NO2/c1-13(2,3)17-12(16)11(15)14-8-5-4-6(8)10(14)7(4)9(5)14/h4-11H,15H2,1-3H3/t4?,5?,6?,7?,8?,9?,10?,11-,14?/m1/s1. The van der Waals surface area contributed by atoms with Crippen LogP contribution in [0.5, 0.6) is 0 Å². The van der Waals surface area contributed by atoms with E-state index in [9.17, 15) is 4.79 Å². The fourth-order valence-electron chi connectivity index (χ4n) is 6.71. The van der Waals surface area contributed by atoms with Crippen molar-refractivity contribution in [3.05, 3.63) is 0 Å². The van der Waals surface area contributed by atoms with Crippen molar-refractivity contribution >= 4 is 5.97 Å². The van der Waals surface area contributed by atoms with Crippen molar-refractivity contribution in [2.24, 2.45) is 52.6 Å². The minimum Gasteiger partial charge on any atom is -0.459 e. The third kappa shape index (κ3) is 0.594. The smallest absolute Gasteiger partial charge is 0.324 e. The lowest BCUT2D eigenvalue weighted by molar-refractivity contribution is -0.616. The lowest BCUT2D eigenvalue weighted by Crippen LogP contribution is -3.07. The summed E-state index contributed by atoms with van der Waals surface area (Å²) in [6.07, 6.45) is 0. The Balaban J connectivity index is 1.39. The number of carbonyl (C=O) groups is 1. The van der Waals surface area contributed by atoms with Gasteiger partial charge in [0.25, 0.3) is 0 Å². The molecule has 92 valence electrons. The third-order valence-corrected chi connectivity index (χ3v) is 6.75. The van der Waals surface area contributed by atoms with E-state index in [0.29, 0.717) is 0 Å². The third-order valence-electron chi connectivity index (χ3n) is 6.75. The average molecular weight is 233 g/mol. The van der Waals surface area contributed by atoms with Gasteiger partial charge in [-0.2, -0.15) is 0 Å². The molecule has 6 saturated carbocycles. The molecule has 3 nitrogen and oxygen atoms in total. The number of ether oxygens (including phenoxy) is 1. The second kappa shape index (κ2) is 2.07. The molecule has 17 heavy (non-hydrogen) atoms. The van der Waals surface area contributed by atoms with Gasteiger partial charge in [0.15, 0.2) is 0 Å². The Morgan fingerprint density at radius 1 is 1.12 bits per heavy atom. The van der Waals surface area contributed by atoms with E-state index in [4.69, 9.17) is 10.5 Å². The number of esters is 1. The van der Waals surface area contributed by atoms with Gasteiger partial charge < -0.3 is 10.5 Å². The van der Waals surface area contributed by atoms with Crippen molar-refractivity contribution < 1.29 is 9.53 Å². The summed E-state index contributed by atoms with van der Waals surface area (Å²) >= 11 is 0. The van der Waals surface area contributed by atoms with Crippen LogP contribution in [0.4, 0.5) is 0 Å². The largest absolute Gasteiger partial charge is 0.459 e. The maximum atomic E-state index is 12.1. The number of carbonyl (C=O) groups excluding carboxylic acids is 1. The highest BCUT2D eigenvalue weighted by Gasteiger charge is 3.05. The van der Waals surface area contributed by atoms with E-state index in [2.05, 4.69) is 0 Å². The molecule has 0 saturated heterocycles. The molecule has 2 N–H and O–H groups in total. The quantitative estimate of drug-likeness (QED) is 0.725. The fraction of sp³-hybridized carbons (Fsp3) is 0.929. The van der Waals surface area contributed by atoms with Crippen LogP contribution in [0.3, 0.4) is 0 Å². The Bertz CT molecular complexity index is 413. The van der Waals surface area contributed by atoms with Gasteiger partial charge in [0.2, 0.25) is 0 Å². The predicted octanol–water partition coefficient (Wildman–Crippen LogP) is 1.02. The highest BCUT2D eigenvalue weighted by Crippen LogP contribution is 3.06. The van der Waals surface area contributed by atoms with E-state index in [1.54, 1.807) is 0 Å². The first-order chi connectivity index (χ1) is 7.90. The van der Waals surface area contributed by atoms with Crippen LogP contribution >= 0.6 is 0 Å². The van der Waals surface area contributed by atoms with Crippen LogP contribution in [-0.4, -0.2) is 17.6 Å². The van der Waals surface area contributed by atoms with Gasteiger partial charge >= 0.3 is 5.97 Å². The average Bonchev–Trinajstić information content (AvgIpc) is 2.26. The van der Waals surface area contributed by atoms with Gasteiger partial charge in [0.1, 0.15) is 11.6 Å². The van der Waals surface area contributed by atoms with E-state index in [1.807, 2.05) is 20.8 Å². The van der Waals surface area contributed by atoms with Crippen LogP contribution in [0.15, 0.2) is 0 Å². The van der Waals surface area contributed by atoms with Crippen molar-refractivity contribution in [3.63, 3.8) is 0 Å². The lowest BCUT2D eigenvalue weighted by Gasteiger charge is -3.08. The van der Waals surface area contributed by atoms with Crippen molar-refractivity contribution in [1.82, 2.24) is 0 Å². The van der Waals surface area contributed by atoms with Crippen LogP contribution in [-0.2, 0) is 9.53 Å². The normalized spacial score (nSPS) is 64.1. The maximum absolute atomic E-state index is 12.1. The molecule has 0 heterocycles. The molecule has 0 unspecified atom stereocenters. The van der Waals surface area contributed by atoms with E-state index < -0.39 is 5.60 Å². The topological polar surface area (TPSA) is 52.3 Å². The molecular weight excluding hydrogens is 214 g/mol. The van der Waals surface area contributed by atoms with Crippen LogP contribution < -0.4 is 5.73 Å². The van der Waals surface area contributed by atoms with E-state index in [1.165, 1.54) is 0 Å². The highest BCUT2D eigenvalue weighted by molar-refractivity contribution is 5.80. The zero-order chi connectivity index (χ0) is 11.9. The first kappa shape index (κ1) is 9.37. The summed E-state index contributed by atoms with van der Waals surface area (Å²) in [4.78, 5) is 12.1. The molecule has 0 radical (unpaired) electrons. The summed E-state index contributed by atoms with van der Waals surface area (Å²) < 4.78 is 5.47. The van der Waals surface area contributed by atoms with Crippen molar-refractivity contribution in [1.29, 1.82) is 0 Å². The summed E-state index contributed by atoms with van der Waals surface area (Å²) in [5.74, 6) is 6.28. The SMILES string of the molecule is CC(C)(C)OC(=O)[C@@H](N)C12C3C4C5C3C1C5C42. The van der Waals surface area contributed by atoms with Crippen molar-refractivity contribution in [3.8, 4) is 0 Å². The Hall–Kier alpha value is -0.570. The molecule has 1 atom stereocenters. The molecule has 6 aliphatic carbocycles. The molecule has 0 amide bonds. The lowest BCUT2D eigenvalue weighted by atomic mass is 8.96. The summed E-state index contributed by atoms with van der Waals surface area (Å²) in [5, 5.41) is 0. The molecule has 3 heteroatoms. The van der Waals surface area contributed by atoms with Gasteiger partial charge in [0, 0.05) is 5.41 Å². The van der Waals surface area contributed by atoms with Crippen LogP contribution in [0.25, 0.3) is 0 Å². The molecule has 0 aromatic heterocycles. The Labute approximate surface area is 101 Å². The summed E-state index contributed by atoms with van der Waals surface area (Å²) in [6.45, 7) is 5.74. The number of hydrogen-bond donors (Lipinski definition) is 1. The van der Waals surface area contributed by atoms with Gasteiger partial charge in [0.05, 0.1) is 0 Å². The summed E-state index contributed by atoms with van der Waals surface area (Å²) in [7, 11) is 0. The predicted molar refractivity (Wildman–Crippen MR) is 60.7 cm³/mol. The molecule has 6 aliphatic rings. The van der Waals surface area contributed by atoms with Crippen LogP contribution in [0.2, 0.25) is 0 Å². The van der Waals surface area contributed by atoms with Gasteiger partial charge in [-0.3, -0.25) is 4.79 Å². The zero-order valence-corrected chi connectivity index (χ0v) is 10.5.